The molecule has 0 spiro atoms. The maximum absolute atomic E-state index is 4.05. The Kier molecular flexibility index (Phi) is 4.51. The first-order chi connectivity index (χ1) is 8.31. The summed E-state index contributed by atoms with van der Waals surface area (Å²) in [7, 11) is 0. The summed E-state index contributed by atoms with van der Waals surface area (Å²) in [5.41, 5.74) is 1.31. The number of likely N-dealkylation sites (N-methyl/N-ethyl adjacent to an activating group) is 1. The van der Waals surface area contributed by atoms with Crippen LogP contribution in [0.2, 0.25) is 0 Å². The van der Waals surface area contributed by atoms with E-state index in [0.29, 0.717) is 6.04 Å². The van der Waals surface area contributed by atoms with E-state index in [1.807, 2.05) is 12.4 Å². The third-order valence-electron chi connectivity index (χ3n) is 3.53. The summed E-state index contributed by atoms with van der Waals surface area (Å²) in [6.45, 7) is 7.87. The lowest BCUT2D eigenvalue weighted by molar-refractivity contribution is 0.273. The maximum atomic E-state index is 4.05. The van der Waals surface area contributed by atoms with Crippen LogP contribution in [0, 0.1) is 0 Å². The second-order valence-corrected chi connectivity index (χ2v) is 4.82. The van der Waals surface area contributed by atoms with Gasteiger partial charge in [0.15, 0.2) is 0 Å². The van der Waals surface area contributed by atoms with Crippen LogP contribution in [0.3, 0.4) is 0 Å². The minimum absolute atomic E-state index is 0.413. The van der Waals surface area contributed by atoms with Gasteiger partial charge in [0.1, 0.15) is 0 Å². The largest absolute Gasteiger partial charge is 0.309 e. The van der Waals surface area contributed by atoms with Crippen LogP contribution in [0.15, 0.2) is 24.5 Å². The van der Waals surface area contributed by atoms with Crippen molar-refractivity contribution < 1.29 is 0 Å². The van der Waals surface area contributed by atoms with Crippen molar-refractivity contribution in [1.29, 1.82) is 0 Å². The van der Waals surface area contributed by atoms with Crippen LogP contribution < -0.4 is 5.32 Å². The van der Waals surface area contributed by atoms with Gasteiger partial charge in [0.05, 0.1) is 0 Å². The molecule has 2 rings (SSSR count). The zero-order valence-corrected chi connectivity index (χ0v) is 10.9. The molecule has 17 heavy (non-hydrogen) atoms. The van der Waals surface area contributed by atoms with Crippen LogP contribution in [0.1, 0.15) is 38.3 Å². The highest BCUT2D eigenvalue weighted by atomic mass is 15.2. The van der Waals surface area contributed by atoms with Crippen molar-refractivity contribution in [3.8, 4) is 0 Å². The molecule has 0 saturated heterocycles. The first-order valence-corrected chi connectivity index (χ1v) is 6.68. The van der Waals surface area contributed by atoms with Crippen LogP contribution in [0.4, 0.5) is 0 Å². The van der Waals surface area contributed by atoms with Gasteiger partial charge in [-0.05, 0) is 44.0 Å². The topological polar surface area (TPSA) is 28.2 Å². The summed E-state index contributed by atoms with van der Waals surface area (Å²) < 4.78 is 0. The smallest absolute Gasteiger partial charge is 0.0293 e. The van der Waals surface area contributed by atoms with Gasteiger partial charge in [0.2, 0.25) is 0 Å². The Balaban J connectivity index is 1.71. The van der Waals surface area contributed by atoms with E-state index in [2.05, 4.69) is 41.2 Å². The van der Waals surface area contributed by atoms with Crippen molar-refractivity contribution in [3.05, 3.63) is 30.1 Å². The van der Waals surface area contributed by atoms with Crippen LogP contribution >= 0.6 is 0 Å². The van der Waals surface area contributed by atoms with Crippen LogP contribution in [0.5, 0.6) is 0 Å². The van der Waals surface area contributed by atoms with Crippen molar-refractivity contribution in [1.82, 2.24) is 15.2 Å². The van der Waals surface area contributed by atoms with Crippen molar-refractivity contribution in [2.24, 2.45) is 0 Å². The normalized spacial score (nSPS) is 17.4. The highest BCUT2D eigenvalue weighted by Crippen LogP contribution is 2.25. The number of hydrogen-bond donors (Lipinski definition) is 1. The SMILES string of the molecule is CCN(CCNC(C)c1ccncc1)C1CC1. The molecule has 0 amide bonds. The number of pyridine rings is 1. The molecule has 94 valence electrons. The molecule has 1 fully saturated rings. The Labute approximate surface area is 104 Å². The number of rotatable bonds is 7. The van der Waals surface area contributed by atoms with Crippen molar-refractivity contribution in [2.45, 2.75) is 38.8 Å². The molecule has 0 radical (unpaired) electrons. The Hall–Kier alpha value is -0.930. The molecule has 1 aliphatic carbocycles. The fourth-order valence-electron chi connectivity index (χ4n) is 2.23. The molecule has 1 aromatic rings. The van der Waals surface area contributed by atoms with Crippen LogP contribution in [-0.4, -0.2) is 35.6 Å². The van der Waals surface area contributed by atoms with Gasteiger partial charge in [-0.1, -0.05) is 6.92 Å². The molecule has 1 saturated carbocycles. The predicted molar refractivity (Wildman–Crippen MR) is 70.9 cm³/mol. The first-order valence-electron chi connectivity index (χ1n) is 6.68. The van der Waals surface area contributed by atoms with Crippen LogP contribution in [0.25, 0.3) is 0 Å². The summed E-state index contributed by atoms with van der Waals surface area (Å²) in [5, 5.41) is 3.58. The maximum Gasteiger partial charge on any atom is 0.0293 e. The molecular weight excluding hydrogens is 210 g/mol. The summed E-state index contributed by atoms with van der Waals surface area (Å²) in [5.74, 6) is 0. The zero-order valence-electron chi connectivity index (χ0n) is 10.9. The van der Waals surface area contributed by atoms with Gasteiger partial charge in [-0.15, -0.1) is 0 Å². The standard InChI is InChI=1S/C14H23N3/c1-3-17(14-4-5-14)11-10-16-12(2)13-6-8-15-9-7-13/h6-9,12,14,16H,3-5,10-11H2,1-2H3. The monoisotopic (exact) mass is 233 g/mol. The molecule has 1 atom stereocenters. The van der Waals surface area contributed by atoms with Gasteiger partial charge in [-0.2, -0.15) is 0 Å². The van der Waals surface area contributed by atoms with E-state index in [-0.39, 0.29) is 0 Å². The average molecular weight is 233 g/mol. The fraction of sp³-hybridized carbons (Fsp3) is 0.643. The van der Waals surface area contributed by atoms with Crippen molar-refractivity contribution >= 4 is 0 Å². The lowest BCUT2D eigenvalue weighted by Gasteiger charge is -2.21. The van der Waals surface area contributed by atoms with E-state index in [1.54, 1.807) is 0 Å². The minimum Gasteiger partial charge on any atom is -0.309 e. The second-order valence-electron chi connectivity index (χ2n) is 4.82. The Morgan fingerprint density at radius 3 is 2.71 bits per heavy atom. The molecule has 1 aliphatic rings. The van der Waals surface area contributed by atoms with Gasteiger partial charge in [-0.25, -0.2) is 0 Å². The number of nitrogens with one attached hydrogen (secondary N) is 1. The Bertz CT molecular complexity index is 321. The molecule has 1 aromatic heterocycles. The lowest BCUT2D eigenvalue weighted by Crippen LogP contribution is -2.34. The number of hydrogen-bond acceptors (Lipinski definition) is 3. The summed E-state index contributed by atoms with van der Waals surface area (Å²) in [6, 6.07) is 5.45. The van der Waals surface area contributed by atoms with Gasteiger partial charge in [0, 0.05) is 37.6 Å². The molecule has 0 aromatic carbocycles. The third kappa shape index (κ3) is 3.79. The summed E-state index contributed by atoms with van der Waals surface area (Å²) in [6.07, 6.45) is 6.51. The van der Waals surface area contributed by atoms with E-state index < -0.39 is 0 Å². The molecule has 1 heterocycles. The van der Waals surface area contributed by atoms with Gasteiger partial charge in [0.25, 0.3) is 0 Å². The summed E-state index contributed by atoms with van der Waals surface area (Å²) in [4.78, 5) is 6.62. The quantitative estimate of drug-likeness (QED) is 0.782. The number of nitrogens with zero attached hydrogens (tertiary/aromatic N) is 2. The number of aromatic nitrogens is 1. The Morgan fingerprint density at radius 2 is 2.12 bits per heavy atom. The second kappa shape index (κ2) is 6.12. The highest BCUT2D eigenvalue weighted by molar-refractivity contribution is 5.13. The first kappa shape index (κ1) is 12.5. The van der Waals surface area contributed by atoms with Crippen molar-refractivity contribution in [3.63, 3.8) is 0 Å². The molecule has 1 N–H and O–H groups in total. The van der Waals surface area contributed by atoms with E-state index in [1.165, 1.54) is 24.9 Å². The van der Waals surface area contributed by atoms with E-state index >= 15 is 0 Å². The zero-order chi connectivity index (χ0) is 12.1. The van der Waals surface area contributed by atoms with E-state index in [0.717, 1.165) is 19.1 Å². The highest BCUT2D eigenvalue weighted by Gasteiger charge is 2.27. The average Bonchev–Trinajstić information content (AvgIpc) is 3.20. The van der Waals surface area contributed by atoms with Gasteiger partial charge in [-0.3, -0.25) is 9.88 Å². The van der Waals surface area contributed by atoms with E-state index in [9.17, 15) is 0 Å². The molecule has 3 heteroatoms. The Morgan fingerprint density at radius 1 is 1.41 bits per heavy atom. The lowest BCUT2D eigenvalue weighted by atomic mass is 10.1. The van der Waals surface area contributed by atoms with E-state index in [4.69, 9.17) is 0 Å². The summed E-state index contributed by atoms with van der Waals surface area (Å²) >= 11 is 0. The predicted octanol–water partition coefficient (Wildman–Crippen LogP) is 2.22. The molecule has 1 unspecified atom stereocenters. The van der Waals surface area contributed by atoms with Crippen molar-refractivity contribution in [2.75, 3.05) is 19.6 Å². The fourth-order valence-corrected chi connectivity index (χ4v) is 2.23. The van der Waals surface area contributed by atoms with Gasteiger partial charge >= 0.3 is 0 Å². The molecule has 0 bridgehead atoms. The van der Waals surface area contributed by atoms with Gasteiger partial charge < -0.3 is 5.32 Å². The minimum atomic E-state index is 0.413. The van der Waals surface area contributed by atoms with Crippen LogP contribution in [-0.2, 0) is 0 Å². The molecule has 3 nitrogen and oxygen atoms in total. The molecule has 0 aliphatic heterocycles. The third-order valence-corrected chi connectivity index (χ3v) is 3.53. The molecular formula is C14H23N3.